The summed E-state index contributed by atoms with van der Waals surface area (Å²) in [5.41, 5.74) is 18.5. The number of anilines is 5. The predicted octanol–water partition coefficient (Wildman–Crippen LogP) is 3.72. The fourth-order valence-corrected chi connectivity index (χ4v) is 4.26. The summed E-state index contributed by atoms with van der Waals surface area (Å²) in [7, 11) is 3.19. The van der Waals surface area contributed by atoms with Crippen molar-refractivity contribution in [2.24, 2.45) is 17.2 Å². The van der Waals surface area contributed by atoms with E-state index in [4.69, 9.17) is 38.3 Å². The summed E-state index contributed by atoms with van der Waals surface area (Å²) < 4.78 is 10.6. The standard InChI is InChI=1S/C16H23N7O2.C14H16ClN5O2/c1-9(2)14-11(25-3)4-5-12(21-14)20-10-8-13(19-7-6-17)22-23-15(10)16(18)24;1-7(2)12-9(22-3)4-5-11(18-12)17-8-6-10(15)19-20-13(8)14(16)21/h4-5,8-9H,6-7,17H2,1-3H3,(H2,18,24)(H2,19,20,21,22);4-7H,1-3H3,(H2,16,21)(H,17,18,19). The van der Waals surface area contributed by atoms with Gasteiger partial charge >= 0.3 is 0 Å². The van der Waals surface area contributed by atoms with Crippen LogP contribution in [0.3, 0.4) is 0 Å². The molecule has 4 rings (SSSR count). The number of nitrogens with zero attached hydrogens (tertiary/aromatic N) is 6. The van der Waals surface area contributed by atoms with Gasteiger partial charge in [0.05, 0.1) is 37.0 Å². The molecule has 16 nitrogen and oxygen atoms in total. The number of primary amides is 2. The number of ether oxygens (including phenoxy) is 2. The molecular weight excluding hydrogens is 628 g/mol. The Balaban J connectivity index is 0.000000257. The minimum atomic E-state index is -0.704. The molecule has 0 atom stereocenters. The van der Waals surface area contributed by atoms with Crippen molar-refractivity contribution >= 4 is 52.2 Å². The van der Waals surface area contributed by atoms with Crippen molar-refractivity contribution in [2.75, 3.05) is 43.3 Å². The zero-order valence-electron chi connectivity index (χ0n) is 27.0. The van der Waals surface area contributed by atoms with Crippen molar-refractivity contribution in [2.45, 2.75) is 39.5 Å². The number of carbonyl (C=O) groups excluding carboxylic acids is 2. The van der Waals surface area contributed by atoms with E-state index in [9.17, 15) is 9.59 Å². The van der Waals surface area contributed by atoms with Gasteiger partial charge in [-0.2, -0.15) is 0 Å². The number of nitrogens with two attached hydrogens (primary N) is 3. The third-order valence-corrected chi connectivity index (χ3v) is 6.49. The van der Waals surface area contributed by atoms with Crippen molar-refractivity contribution in [1.82, 2.24) is 30.4 Å². The topological polar surface area (TPSA) is 244 Å². The van der Waals surface area contributed by atoms with Gasteiger partial charge in [-0.1, -0.05) is 39.3 Å². The van der Waals surface area contributed by atoms with Crippen LogP contribution in [0.15, 0.2) is 36.4 Å². The Bertz CT molecular complexity index is 1700. The Morgan fingerprint density at radius 1 is 0.745 bits per heavy atom. The molecular formula is C30H39ClN12O4. The van der Waals surface area contributed by atoms with Gasteiger partial charge in [0, 0.05) is 25.2 Å². The molecule has 4 aromatic heterocycles. The molecule has 0 saturated carbocycles. The fraction of sp³-hybridized carbons (Fsp3) is 0.333. The van der Waals surface area contributed by atoms with E-state index in [0.717, 1.165) is 11.4 Å². The third kappa shape index (κ3) is 9.82. The van der Waals surface area contributed by atoms with Crippen LogP contribution >= 0.6 is 11.6 Å². The molecule has 0 aliphatic carbocycles. The zero-order chi connectivity index (χ0) is 34.7. The van der Waals surface area contributed by atoms with Gasteiger partial charge in [0.25, 0.3) is 11.8 Å². The first kappa shape index (κ1) is 36.1. The highest BCUT2D eigenvalue weighted by atomic mass is 35.5. The highest BCUT2D eigenvalue weighted by Gasteiger charge is 2.17. The van der Waals surface area contributed by atoms with E-state index in [1.807, 2.05) is 33.8 Å². The number of aromatic nitrogens is 6. The number of hydrogen-bond acceptors (Lipinski definition) is 14. The largest absolute Gasteiger partial charge is 0.495 e. The van der Waals surface area contributed by atoms with Crippen LogP contribution in [0.5, 0.6) is 11.5 Å². The Hall–Kier alpha value is -5.35. The van der Waals surface area contributed by atoms with Crippen LogP contribution in [0.2, 0.25) is 5.15 Å². The average molecular weight is 667 g/mol. The van der Waals surface area contributed by atoms with Crippen molar-refractivity contribution in [1.29, 1.82) is 0 Å². The lowest BCUT2D eigenvalue weighted by atomic mass is 10.1. The first-order valence-corrected chi connectivity index (χ1v) is 14.8. The summed E-state index contributed by atoms with van der Waals surface area (Å²) in [4.78, 5) is 32.0. The summed E-state index contributed by atoms with van der Waals surface area (Å²) >= 11 is 5.81. The summed E-state index contributed by atoms with van der Waals surface area (Å²) in [6, 6.07) is 10.2. The van der Waals surface area contributed by atoms with E-state index in [1.165, 1.54) is 6.07 Å². The third-order valence-electron chi connectivity index (χ3n) is 6.31. The molecule has 2 amide bonds. The number of amides is 2. The molecule has 47 heavy (non-hydrogen) atoms. The van der Waals surface area contributed by atoms with E-state index in [-0.39, 0.29) is 28.4 Å². The number of rotatable bonds is 13. The maximum atomic E-state index is 11.6. The SMILES string of the molecule is COc1ccc(Nc2cc(Cl)nnc2C(N)=O)nc1C(C)C.COc1ccc(Nc2cc(NCCN)nnc2C(N)=O)nc1C(C)C. The summed E-state index contributed by atoms with van der Waals surface area (Å²) in [5.74, 6) is 1.91. The lowest BCUT2D eigenvalue weighted by Gasteiger charge is -2.14. The summed E-state index contributed by atoms with van der Waals surface area (Å²) in [5, 5.41) is 24.3. The lowest BCUT2D eigenvalue weighted by Crippen LogP contribution is -2.19. The second-order valence-electron chi connectivity index (χ2n) is 10.5. The molecule has 0 unspecified atom stereocenters. The second-order valence-corrected chi connectivity index (χ2v) is 10.9. The van der Waals surface area contributed by atoms with E-state index >= 15 is 0 Å². The van der Waals surface area contributed by atoms with Gasteiger partial charge in [0.1, 0.15) is 23.1 Å². The maximum absolute atomic E-state index is 11.6. The molecule has 0 aliphatic heterocycles. The molecule has 0 spiro atoms. The molecule has 4 heterocycles. The molecule has 9 N–H and O–H groups in total. The summed E-state index contributed by atoms with van der Waals surface area (Å²) in [6.07, 6.45) is 0. The molecule has 0 bridgehead atoms. The normalized spacial score (nSPS) is 10.6. The predicted molar refractivity (Wildman–Crippen MR) is 180 cm³/mol. The number of hydrogen-bond donors (Lipinski definition) is 6. The highest BCUT2D eigenvalue weighted by molar-refractivity contribution is 6.29. The molecule has 0 saturated heterocycles. The van der Waals surface area contributed by atoms with Crippen molar-refractivity contribution in [3.63, 3.8) is 0 Å². The Morgan fingerprint density at radius 2 is 1.21 bits per heavy atom. The van der Waals surface area contributed by atoms with Crippen LogP contribution in [0.4, 0.5) is 28.8 Å². The summed E-state index contributed by atoms with van der Waals surface area (Å²) in [6.45, 7) is 9.03. The molecule has 0 aromatic carbocycles. The van der Waals surface area contributed by atoms with Gasteiger partial charge in [-0.3, -0.25) is 9.59 Å². The van der Waals surface area contributed by atoms with Crippen LogP contribution in [-0.4, -0.2) is 69.5 Å². The van der Waals surface area contributed by atoms with Gasteiger partial charge in [-0.15, -0.1) is 20.4 Å². The monoisotopic (exact) mass is 666 g/mol. The average Bonchev–Trinajstić information content (AvgIpc) is 3.03. The van der Waals surface area contributed by atoms with Crippen molar-refractivity contribution in [3.05, 3.63) is 64.3 Å². The van der Waals surface area contributed by atoms with Crippen LogP contribution < -0.4 is 42.6 Å². The lowest BCUT2D eigenvalue weighted by molar-refractivity contribution is 0.0987. The van der Waals surface area contributed by atoms with E-state index in [2.05, 4.69) is 46.3 Å². The molecule has 250 valence electrons. The van der Waals surface area contributed by atoms with Crippen molar-refractivity contribution < 1.29 is 19.1 Å². The number of methoxy groups -OCH3 is 2. The molecule has 0 radical (unpaired) electrons. The quantitative estimate of drug-likeness (QED) is 0.119. The molecule has 0 fully saturated rings. The van der Waals surface area contributed by atoms with Crippen LogP contribution in [0.1, 0.15) is 71.9 Å². The van der Waals surface area contributed by atoms with Gasteiger partial charge in [-0.05, 0) is 36.1 Å². The Morgan fingerprint density at radius 3 is 1.64 bits per heavy atom. The maximum Gasteiger partial charge on any atom is 0.271 e. The number of pyridine rings is 2. The number of nitrogens with one attached hydrogen (secondary N) is 3. The highest BCUT2D eigenvalue weighted by Crippen LogP contribution is 2.29. The molecule has 0 aliphatic rings. The Kier molecular flexibility index (Phi) is 12.9. The van der Waals surface area contributed by atoms with Crippen LogP contribution in [0, 0.1) is 0 Å². The first-order valence-electron chi connectivity index (χ1n) is 14.5. The van der Waals surface area contributed by atoms with E-state index < -0.39 is 11.8 Å². The van der Waals surface area contributed by atoms with Gasteiger partial charge in [0.15, 0.2) is 22.4 Å². The number of halogens is 1. The van der Waals surface area contributed by atoms with Crippen molar-refractivity contribution in [3.8, 4) is 11.5 Å². The molecule has 4 aromatic rings. The van der Waals surface area contributed by atoms with E-state index in [1.54, 1.807) is 38.5 Å². The second kappa shape index (κ2) is 16.8. The van der Waals surface area contributed by atoms with Gasteiger partial charge in [-0.25, -0.2) is 9.97 Å². The molecule has 17 heteroatoms. The van der Waals surface area contributed by atoms with Crippen LogP contribution in [-0.2, 0) is 0 Å². The Labute approximate surface area is 277 Å². The minimum Gasteiger partial charge on any atom is -0.495 e. The zero-order valence-corrected chi connectivity index (χ0v) is 27.7. The van der Waals surface area contributed by atoms with Gasteiger partial charge in [0.2, 0.25) is 0 Å². The smallest absolute Gasteiger partial charge is 0.271 e. The number of carbonyl (C=O) groups is 2. The minimum absolute atomic E-state index is 0.00638. The fourth-order valence-electron chi connectivity index (χ4n) is 4.11. The first-order chi connectivity index (χ1) is 22.4. The van der Waals surface area contributed by atoms with E-state index in [0.29, 0.717) is 53.4 Å². The van der Waals surface area contributed by atoms with Crippen LogP contribution in [0.25, 0.3) is 0 Å². The van der Waals surface area contributed by atoms with Gasteiger partial charge < -0.3 is 42.6 Å².